The van der Waals surface area contributed by atoms with Crippen molar-refractivity contribution < 1.29 is 0 Å². The predicted molar refractivity (Wildman–Crippen MR) is 117 cm³/mol. The molecule has 0 saturated carbocycles. The monoisotopic (exact) mass is 390 g/mol. The maximum absolute atomic E-state index is 13.6. The van der Waals surface area contributed by atoms with Gasteiger partial charge in [0.25, 0.3) is 5.56 Å². The molecule has 4 heteroatoms. The van der Waals surface area contributed by atoms with Crippen LogP contribution in [-0.2, 0) is 24.1 Å². The lowest BCUT2D eigenvalue weighted by molar-refractivity contribution is 0.429. The molecule has 0 amide bonds. The third-order valence-corrected chi connectivity index (χ3v) is 6.95. The van der Waals surface area contributed by atoms with Crippen LogP contribution in [0.5, 0.6) is 0 Å². The van der Waals surface area contributed by atoms with Crippen LogP contribution in [0.15, 0.2) is 64.5 Å². The van der Waals surface area contributed by atoms with Crippen LogP contribution in [0.3, 0.4) is 0 Å². The highest BCUT2D eigenvalue weighted by Gasteiger charge is 2.38. The van der Waals surface area contributed by atoms with Crippen molar-refractivity contribution in [3.63, 3.8) is 0 Å². The third kappa shape index (κ3) is 3.20. The predicted octanol–water partition coefficient (Wildman–Crippen LogP) is 5.45. The summed E-state index contributed by atoms with van der Waals surface area (Å²) in [4.78, 5) is 18.6. The summed E-state index contributed by atoms with van der Waals surface area (Å²) in [7, 11) is 0. The van der Waals surface area contributed by atoms with E-state index in [9.17, 15) is 4.79 Å². The van der Waals surface area contributed by atoms with Gasteiger partial charge in [-0.15, -0.1) is 0 Å². The zero-order chi connectivity index (χ0) is 19.7. The highest BCUT2D eigenvalue weighted by atomic mass is 32.2. The second-order valence-corrected chi connectivity index (χ2v) is 8.63. The van der Waals surface area contributed by atoms with Crippen molar-refractivity contribution >= 4 is 11.8 Å². The molecular weight excluding hydrogens is 364 g/mol. The number of hydrogen-bond acceptors (Lipinski definition) is 3. The maximum atomic E-state index is 13.6. The highest BCUT2D eigenvalue weighted by Crippen LogP contribution is 2.43. The first-order chi connectivity index (χ1) is 13.6. The highest BCUT2D eigenvalue weighted by molar-refractivity contribution is 7.98. The zero-order valence-electron chi connectivity index (χ0n) is 16.7. The SMILES string of the molecule is CCn1c(SCc2ccccc2)nc2c(c1=O)[C@](C)(CC)Cc1ccccc1-2. The van der Waals surface area contributed by atoms with E-state index in [1.54, 1.807) is 11.8 Å². The lowest BCUT2D eigenvalue weighted by Gasteiger charge is -2.35. The summed E-state index contributed by atoms with van der Waals surface area (Å²) in [5.41, 5.74) is 5.37. The largest absolute Gasteiger partial charge is 0.288 e. The number of benzene rings is 2. The first-order valence-corrected chi connectivity index (χ1v) is 11.0. The molecule has 3 aromatic rings. The van der Waals surface area contributed by atoms with E-state index in [-0.39, 0.29) is 11.0 Å². The minimum absolute atomic E-state index is 0.127. The summed E-state index contributed by atoms with van der Waals surface area (Å²) in [6.45, 7) is 7.05. The smallest absolute Gasteiger partial charge is 0.258 e. The summed E-state index contributed by atoms with van der Waals surface area (Å²) in [5.74, 6) is 0.804. The number of thioether (sulfide) groups is 1. The van der Waals surface area contributed by atoms with Crippen molar-refractivity contribution in [2.45, 2.75) is 56.5 Å². The van der Waals surface area contributed by atoms with Crippen LogP contribution in [0.25, 0.3) is 11.3 Å². The molecular formula is C24H26N2OS. The summed E-state index contributed by atoms with van der Waals surface area (Å²) in [6.07, 6.45) is 1.81. The van der Waals surface area contributed by atoms with Gasteiger partial charge in [-0.1, -0.05) is 80.2 Å². The molecule has 0 fully saturated rings. The van der Waals surface area contributed by atoms with Gasteiger partial charge in [-0.25, -0.2) is 4.98 Å². The van der Waals surface area contributed by atoms with Crippen molar-refractivity contribution in [1.82, 2.24) is 9.55 Å². The van der Waals surface area contributed by atoms with Gasteiger partial charge in [0.2, 0.25) is 0 Å². The Morgan fingerprint density at radius 3 is 2.50 bits per heavy atom. The van der Waals surface area contributed by atoms with Crippen LogP contribution < -0.4 is 5.56 Å². The number of hydrogen-bond donors (Lipinski definition) is 0. The van der Waals surface area contributed by atoms with Crippen molar-refractivity contribution in [3.8, 4) is 11.3 Å². The van der Waals surface area contributed by atoms with E-state index < -0.39 is 0 Å². The Kier molecular flexibility index (Phi) is 5.15. The summed E-state index contributed by atoms with van der Waals surface area (Å²) >= 11 is 1.65. The Hall–Kier alpha value is -2.33. The van der Waals surface area contributed by atoms with Gasteiger partial charge in [-0.3, -0.25) is 9.36 Å². The number of nitrogens with zero attached hydrogens (tertiary/aromatic N) is 2. The lowest BCUT2D eigenvalue weighted by atomic mass is 9.69. The van der Waals surface area contributed by atoms with Gasteiger partial charge in [0.1, 0.15) is 0 Å². The van der Waals surface area contributed by atoms with Crippen molar-refractivity contribution in [2.24, 2.45) is 0 Å². The first-order valence-electron chi connectivity index (χ1n) is 9.97. The molecule has 0 unspecified atom stereocenters. The topological polar surface area (TPSA) is 34.9 Å². The third-order valence-electron chi connectivity index (χ3n) is 5.90. The Morgan fingerprint density at radius 1 is 1.07 bits per heavy atom. The molecule has 1 aromatic heterocycles. The molecule has 28 heavy (non-hydrogen) atoms. The molecule has 0 saturated heterocycles. The maximum Gasteiger partial charge on any atom is 0.258 e. The van der Waals surface area contributed by atoms with Crippen LogP contribution in [0, 0.1) is 0 Å². The van der Waals surface area contributed by atoms with E-state index in [1.807, 2.05) is 35.8 Å². The first kappa shape index (κ1) is 19.0. The molecule has 0 aliphatic heterocycles. The zero-order valence-corrected chi connectivity index (χ0v) is 17.6. The molecule has 0 radical (unpaired) electrons. The Balaban J connectivity index is 1.87. The van der Waals surface area contributed by atoms with Gasteiger partial charge in [0.15, 0.2) is 5.16 Å². The second kappa shape index (κ2) is 7.59. The van der Waals surface area contributed by atoms with Gasteiger partial charge >= 0.3 is 0 Å². The minimum atomic E-state index is -0.173. The van der Waals surface area contributed by atoms with E-state index in [1.165, 1.54) is 11.1 Å². The van der Waals surface area contributed by atoms with Crippen LogP contribution in [0.4, 0.5) is 0 Å². The van der Waals surface area contributed by atoms with E-state index in [4.69, 9.17) is 4.98 Å². The van der Waals surface area contributed by atoms with Crippen LogP contribution >= 0.6 is 11.8 Å². The van der Waals surface area contributed by atoms with E-state index in [0.29, 0.717) is 6.54 Å². The fourth-order valence-corrected chi connectivity index (χ4v) is 5.11. The molecule has 1 atom stereocenters. The van der Waals surface area contributed by atoms with Crippen LogP contribution in [0.1, 0.15) is 43.9 Å². The Bertz CT molecular complexity index is 1060. The van der Waals surface area contributed by atoms with Gasteiger partial charge in [-0.05, 0) is 30.9 Å². The molecule has 0 spiro atoms. The van der Waals surface area contributed by atoms with Gasteiger partial charge < -0.3 is 0 Å². The molecule has 2 aromatic carbocycles. The van der Waals surface area contributed by atoms with E-state index >= 15 is 0 Å². The van der Waals surface area contributed by atoms with E-state index in [2.05, 4.69) is 44.2 Å². The molecule has 1 aliphatic rings. The van der Waals surface area contributed by atoms with Crippen molar-refractivity contribution in [3.05, 3.63) is 81.6 Å². The average Bonchev–Trinajstić information content (AvgIpc) is 2.72. The lowest BCUT2D eigenvalue weighted by Crippen LogP contribution is -2.39. The fourth-order valence-electron chi connectivity index (χ4n) is 4.10. The van der Waals surface area contributed by atoms with Crippen molar-refractivity contribution in [1.29, 1.82) is 0 Å². The van der Waals surface area contributed by atoms with Crippen LogP contribution in [-0.4, -0.2) is 9.55 Å². The van der Waals surface area contributed by atoms with Gasteiger partial charge in [0.05, 0.1) is 11.3 Å². The Labute approximate surface area is 170 Å². The quantitative estimate of drug-likeness (QED) is 0.429. The Morgan fingerprint density at radius 2 is 1.79 bits per heavy atom. The molecule has 144 valence electrons. The normalized spacial score (nSPS) is 17.8. The minimum Gasteiger partial charge on any atom is -0.288 e. The van der Waals surface area contributed by atoms with Crippen LogP contribution in [0.2, 0.25) is 0 Å². The van der Waals surface area contributed by atoms with E-state index in [0.717, 1.165) is 40.6 Å². The summed E-state index contributed by atoms with van der Waals surface area (Å²) in [5, 5.41) is 0.810. The molecule has 1 aliphatic carbocycles. The molecule has 0 bridgehead atoms. The number of fused-ring (bicyclic) bond motifs is 3. The average molecular weight is 391 g/mol. The molecule has 3 nitrogen and oxygen atoms in total. The molecule has 0 N–H and O–H groups in total. The van der Waals surface area contributed by atoms with Crippen molar-refractivity contribution in [2.75, 3.05) is 0 Å². The molecule has 1 heterocycles. The van der Waals surface area contributed by atoms with Gasteiger partial charge in [0, 0.05) is 23.3 Å². The number of rotatable bonds is 5. The fraction of sp³-hybridized carbons (Fsp3) is 0.333. The molecule has 4 rings (SSSR count). The second-order valence-electron chi connectivity index (χ2n) is 7.69. The summed E-state index contributed by atoms with van der Waals surface area (Å²) in [6, 6.07) is 18.8. The standard InChI is InChI=1S/C24H26N2OS/c1-4-24(3)15-18-13-9-10-14-19(18)21-20(24)22(27)26(5-2)23(25-21)28-16-17-11-7-6-8-12-17/h6-14H,4-5,15-16H2,1-3H3/t24-/m1/s1. The van der Waals surface area contributed by atoms with Gasteiger partial charge in [-0.2, -0.15) is 0 Å². The summed E-state index contributed by atoms with van der Waals surface area (Å²) < 4.78 is 1.86. The number of aromatic nitrogens is 2.